The third kappa shape index (κ3) is 4.77. The molecule has 0 aliphatic rings. The topological polar surface area (TPSA) is 63.9 Å². The van der Waals surface area contributed by atoms with Crippen molar-refractivity contribution in [2.24, 2.45) is 12.0 Å². The number of aromatic nitrogens is 2. The minimum Gasteiger partial charge on any atom is -0.493 e. The number of benzene rings is 1. The number of ether oxygens (including phenoxy) is 2. The molecule has 0 unspecified atom stereocenters. The second-order valence-corrected chi connectivity index (χ2v) is 6.93. The summed E-state index contributed by atoms with van der Waals surface area (Å²) in [6, 6.07) is 4.04. The smallest absolute Gasteiger partial charge is 0.194 e. The number of rotatable bonds is 7. The molecule has 28 heavy (non-hydrogen) atoms. The van der Waals surface area contributed by atoms with E-state index >= 15 is 0 Å². The molecule has 0 aliphatic heterocycles. The van der Waals surface area contributed by atoms with Crippen molar-refractivity contribution in [3.63, 3.8) is 0 Å². The van der Waals surface area contributed by atoms with Crippen molar-refractivity contribution in [2.75, 3.05) is 27.8 Å². The molecule has 2 rings (SSSR count). The van der Waals surface area contributed by atoms with Gasteiger partial charge in [0.15, 0.2) is 17.5 Å². The number of aliphatic imine (C=N–C) groups is 1. The molecule has 0 radical (unpaired) electrons. The summed E-state index contributed by atoms with van der Waals surface area (Å²) in [6.45, 7) is 10.4. The maximum absolute atomic E-state index is 5.46. The number of methoxy groups -OCH3 is 2. The third-order valence-electron chi connectivity index (χ3n) is 4.99. The fraction of sp³-hybridized carbons (Fsp3) is 0.524. The van der Waals surface area contributed by atoms with Gasteiger partial charge in [-0.1, -0.05) is 0 Å². The zero-order valence-corrected chi connectivity index (χ0v) is 18.4. The van der Waals surface area contributed by atoms with Gasteiger partial charge in [-0.2, -0.15) is 5.10 Å². The monoisotopic (exact) mass is 387 g/mol. The molecule has 0 saturated heterocycles. The Kier molecular flexibility index (Phi) is 7.31. The lowest BCUT2D eigenvalue weighted by molar-refractivity contribution is 0.353. The minimum atomic E-state index is 0.600. The molecule has 0 atom stereocenters. The van der Waals surface area contributed by atoms with E-state index < -0.39 is 0 Å². The average Bonchev–Trinajstić information content (AvgIpc) is 2.91. The van der Waals surface area contributed by atoms with Crippen LogP contribution in [-0.2, 0) is 20.1 Å². The van der Waals surface area contributed by atoms with Gasteiger partial charge in [-0.3, -0.25) is 4.68 Å². The van der Waals surface area contributed by atoms with Crippen molar-refractivity contribution in [2.45, 2.75) is 40.8 Å². The first-order chi connectivity index (χ1) is 13.3. The standard InChI is InChI=1S/C21H33N5O2/c1-9-22-21(23-12-18-15(3)24-26(6)16(18)4)25(5)13-17-11-20(28-8)19(27-7)10-14(17)2/h10-11H,9,12-13H2,1-8H3,(H,22,23). The van der Waals surface area contributed by atoms with E-state index in [0.29, 0.717) is 13.1 Å². The van der Waals surface area contributed by atoms with Crippen LogP contribution in [0.25, 0.3) is 0 Å². The van der Waals surface area contributed by atoms with E-state index in [9.17, 15) is 0 Å². The summed E-state index contributed by atoms with van der Waals surface area (Å²) in [5.41, 5.74) is 5.67. The van der Waals surface area contributed by atoms with E-state index in [-0.39, 0.29) is 0 Å². The molecule has 0 spiro atoms. The number of nitrogens with one attached hydrogen (secondary N) is 1. The maximum Gasteiger partial charge on any atom is 0.194 e. The van der Waals surface area contributed by atoms with Crippen LogP contribution in [0.1, 0.15) is 35.0 Å². The number of hydrogen-bond donors (Lipinski definition) is 1. The highest BCUT2D eigenvalue weighted by molar-refractivity contribution is 5.79. The van der Waals surface area contributed by atoms with Crippen molar-refractivity contribution >= 4 is 5.96 Å². The number of hydrogen-bond acceptors (Lipinski definition) is 4. The summed E-state index contributed by atoms with van der Waals surface area (Å²) in [7, 11) is 7.32. The Morgan fingerprint density at radius 1 is 1.18 bits per heavy atom. The highest BCUT2D eigenvalue weighted by atomic mass is 16.5. The largest absolute Gasteiger partial charge is 0.493 e. The van der Waals surface area contributed by atoms with Gasteiger partial charge in [0, 0.05) is 38.4 Å². The van der Waals surface area contributed by atoms with Crippen molar-refractivity contribution in [1.82, 2.24) is 20.0 Å². The molecule has 1 aromatic heterocycles. The van der Waals surface area contributed by atoms with E-state index in [0.717, 1.165) is 41.0 Å². The Balaban J connectivity index is 2.24. The van der Waals surface area contributed by atoms with Crippen LogP contribution in [-0.4, -0.2) is 48.5 Å². The Labute approximate surface area is 168 Å². The van der Waals surface area contributed by atoms with Crippen molar-refractivity contribution in [3.05, 3.63) is 40.2 Å². The van der Waals surface area contributed by atoms with Gasteiger partial charge in [0.05, 0.1) is 26.5 Å². The number of nitrogens with zero attached hydrogens (tertiary/aromatic N) is 4. The fourth-order valence-corrected chi connectivity index (χ4v) is 3.19. The lowest BCUT2D eigenvalue weighted by atomic mass is 10.1. The van der Waals surface area contributed by atoms with Gasteiger partial charge in [-0.15, -0.1) is 0 Å². The molecular formula is C21H33N5O2. The highest BCUT2D eigenvalue weighted by Crippen LogP contribution is 2.30. The van der Waals surface area contributed by atoms with Crippen LogP contribution in [0.2, 0.25) is 0 Å². The molecule has 154 valence electrons. The zero-order valence-electron chi connectivity index (χ0n) is 18.4. The molecule has 0 fully saturated rings. The SMILES string of the molecule is CCNC(=NCc1c(C)nn(C)c1C)N(C)Cc1cc(OC)c(OC)cc1C. The third-order valence-corrected chi connectivity index (χ3v) is 4.99. The number of guanidine groups is 1. The second kappa shape index (κ2) is 9.48. The fourth-order valence-electron chi connectivity index (χ4n) is 3.19. The van der Waals surface area contributed by atoms with E-state index in [1.807, 2.05) is 37.8 Å². The summed E-state index contributed by atoms with van der Waals surface area (Å²) in [5, 5.41) is 7.86. The Morgan fingerprint density at radius 3 is 2.36 bits per heavy atom. The van der Waals surface area contributed by atoms with Crippen LogP contribution in [0, 0.1) is 20.8 Å². The lowest BCUT2D eigenvalue weighted by Crippen LogP contribution is -2.38. The molecule has 2 aromatic rings. The van der Waals surface area contributed by atoms with Crippen LogP contribution in [0.3, 0.4) is 0 Å². The van der Waals surface area contributed by atoms with Gasteiger partial charge < -0.3 is 19.7 Å². The Hall–Kier alpha value is -2.70. The molecule has 0 saturated carbocycles. The van der Waals surface area contributed by atoms with Crippen LogP contribution in [0.5, 0.6) is 11.5 Å². The van der Waals surface area contributed by atoms with Crippen LogP contribution in [0.15, 0.2) is 17.1 Å². The first-order valence-corrected chi connectivity index (χ1v) is 9.52. The van der Waals surface area contributed by atoms with Gasteiger partial charge in [0.25, 0.3) is 0 Å². The van der Waals surface area contributed by atoms with E-state index in [2.05, 4.69) is 36.1 Å². The highest BCUT2D eigenvalue weighted by Gasteiger charge is 2.14. The van der Waals surface area contributed by atoms with Crippen LogP contribution >= 0.6 is 0 Å². The predicted molar refractivity (Wildman–Crippen MR) is 113 cm³/mol. The van der Waals surface area contributed by atoms with Crippen molar-refractivity contribution in [1.29, 1.82) is 0 Å². The Bertz CT molecular complexity index is 842. The summed E-state index contributed by atoms with van der Waals surface area (Å²) < 4.78 is 12.8. The van der Waals surface area contributed by atoms with Gasteiger partial charge in [0.2, 0.25) is 0 Å². The molecule has 1 aromatic carbocycles. The lowest BCUT2D eigenvalue weighted by Gasteiger charge is -2.23. The molecule has 1 heterocycles. The number of aryl methyl sites for hydroxylation is 3. The zero-order chi connectivity index (χ0) is 20.8. The summed E-state index contributed by atoms with van der Waals surface area (Å²) >= 11 is 0. The van der Waals surface area contributed by atoms with Gasteiger partial charge in [-0.25, -0.2) is 4.99 Å². The van der Waals surface area contributed by atoms with E-state index in [4.69, 9.17) is 14.5 Å². The average molecular weight is 388 g/mol. The van der Waals surface area contributed by atoms with Gasteiger partial charge in [-0.05, 0) is 51.0 Å². The molecule has 1 N–H and O–H groups in total. The van der Waals surface area contributed by atoms with E-state index in [1.54, 1.807) is 14.2 Å². The van der Waals surface area contributed by atoms with Crippen molar-refractivity contribution in [3.8, 4) is 11.5 Å². The minimum absolute atomic E-state index is 0.600. The van der Waals surface area contributed by atoms with Crippen LogP contribution < -0.4 is 14.8 Å². The molecular weight excluding hydrogens is 354 g/mol. The summed E-state index contributed by atoms with van der Waals surface area (Å²) in [5.74, 6) is 2.34. The molecule has 0 bridgehead atoms. The molecule has 0 amide bonds. The van der Waals surface area contributed by atoms with Crippen molar-refractivity contribution < 1.29 is 9.47 Å². The van der Waals surface area contributed by atoms with Gasteiger partial charge in [0.1, 0.15) is 0 Å². The second-order valence-electron chi connectivity index (χ2n) is 6.93. The quantitative estimate of drug-likeness (QED) is 0.585. The molecule has 0 aliphatic carbocycles. The van der Waals surface area contributed by atoms with E-state index in [1.165, 1.54) is 11.1 Å². The molecule has 7 heteroatoms. The molecule has 7 nitrogen and oxygen atoms in total. The normalized spacial score (nSPS) is 11.5. The van der Waals surface area contributed by atoms with Crippen LogP contribution in [0.4, 0.5) is 0 Å². The first kappa shape index (κ1) is 21.6. The summed E-state index contributed by atoms with van der Waals surface area (Å²) in [6.07, 6.45) is 0. The first-order valence-electron chi connectivity index (χ1n) is 9.52. The summed E-state index contributed by atoms with van der Waals surface area (Å²) in [4.78, 5) is 6.97. The Morgan fingerprint density at radius 2 is 1.82 bits per heavy atom. The van der Waals surface area contributed by atoms with Gasteiger partial charge >= 0.3 is 0 Å². The maximum atomic E-state index is 5.46. The predicted octanol–water partition coefficient (Wildman–Crippen LogP) is 2.96.